The number of halogens is 2. The van der Waals surface area contributed by atoms with Gasteiger partial charge in [0.2, 0.25) is 5.91 Å². The average molecular weight is 479 g/mol. The quantitative estimate of drug-likeness (QED) is 0.657. The largest absolute Gasteiger partial charge is 0.378 e. The number of rotatable bonds is 5. The van der Waals surface area contributed by atoms with E-state index < -0.39 is 0 Å². The fourth-order valence-electron chi connectivity index (χ4n) is 5.39. The smallest absolute Gasteiger partial charge is 0.227 e. The van der Waals surface area contributed by atoms with Crippen LogP contribution in [0.15, 0.2) is 35.1 Å². The normalized spacial score (nSPS) is 26.9. The van der Waals surface area contributed by atoms with E-state index in [0.717, 1.165) is 30.9 Å². The second kappa shape index (κ2) is 9.69. The third-order valence-corrected chi connectivity index (χ3v) is 7.69. The predicted molar refractivity (Wildman–Crippen MR) is 122 cm³/mol. The van der Waals surface area contributed by atoms with Crippen molar-refractivity contribution >= 4 is 29.1 Å². The summed E-state index contributed by atoms with van der Waals surface area (Å²) in [6, 6.07) is 7.74. The van der Waals surface area contributed by atoms with Crippen molar-refractivity contribution in [3.05, 3.63) is 51.8 Å². The van der Waals surface area contributed by atoms with Crippen molar-refractivity contribution in [2.45, 2.75) is 43.9 Å². The summed E-state index contributed by atoms with van der Waals surface area (Å²) < 4.78 is 11.1. The molecule has 3 fully saturated rings. The topological polar surface area (TPSA) is 62.1 Å². The van der Waals surface area contributed by atoms with Gasteiger partial charge in [-0.25, -0.2) is 0 Å². The molecule has 1 amide bonds. The maximum absolute atomic E-state index is 13.5. The van der Waals surface area contributed by atoms with Crippen LogP contribution >= 0.6 is 23.2 Å². The summed E-state index contributed by atoms with van der Waals surface area (Å²) in [4.78, 5) is 20.5. The zero-order chi connectivity index (χ0) is 22.1. The maximum atomic E-state index is 13.5. The summed E-state index contributed by atoms with van der Waals surface area (Å²) >= 11 is 12.2. The van der Waals surface area contributed by atoms with Crippen molar-refractivity contribution in [3.63, 3.8) is 0 Å². The minimum atomic E-state index is 0.0813. The van der Waals surface area contributed by atoms with Gasteiger partial charge < -0.3 is 14.2 Å². The molecule has 172 valence electrons. The van der Waals surface area contributed by atoms with Gasteiger partial charge in [-0.2, -0.15) is 0 Å². The Morgan fingerprint density at radius 3 is 2.59 bits per heavy atom. The zero-order valence-corrected chi connectivity index (χ0v) is 19.5. The Balaban J connectivity index is 1.39. The highest BCUT2D eigenvalue weighted by molar-refractivity contribution is 6.42. The van der Waals surface area contributed by atoms with E-state index in [1.165, 1.54) is 12.8 Å². The van der Waals surface area contributed by atoms with E-state index in [-0.39, 0.29) is 24.0 Å². The Morgan fingerprint density at radius 2 is 1.84 bits per heavy atom. The van der Waals surface area contributed by atoms with E-state index in [2.05, 4.69) is 19.9 Å². The molecule has 0 unspecified atom stereocenters. The number of carbonyl (C=O) groups is 1. The lowest BCUT2D eigenvalue weighted by Gasteiger charge is -2.54. The lowest BCUT2D eigenvalue weighted by molar-refractivity contribution is -0.153. The van der Waals surface area contributed by atoms with Gasteiger partial charge >= 0.3 is 0 Å². The third-order valence-electron chi connectivity index (χ3n) is 6.95. The molecule has 5 rings (SSSR count). The molecule has 3 aliphatic heterocycles. The Morgan fingerprint density at radius 1 is 1.03 bits per heavy atom. The highest BCUT2D eigenvalue weighted by atomic mass is 35.5. The fourth-order valence-corrected chi connectivity index (χ4v) is 5.71. The monoisotopic (exact) mass is 478 g/mol. The lowest BCUT2D eigenvalue weighted by Crippen LogP contribution is -2.71. The Hall–Kier alpha value is -1.64. The molecule has 0 N–H and O–H groups in total. The van der Waals surface area contributed by atoms with Crippen LogP contribution in [0.25, 0.3) is 0 Å². The summed E-state index contributed by atoms with van der Waals surface area (Å²) in [5.41, 5.74) is 1.79. The molecule has 0 aliphatic carbocycles. The van der Waals surface area contributed by atoms with Crippen LogP contribution in [-0.2, 0) is 22.5 Å². The standard InChI is InChI=1S/C23H28Cl2N4O3/c24-18-4-3-16(11-19(18)25)12-22(30)29-9-8-28(13-17-5-10-32-26-17)21-15-31-14-20(23(21)29)27-6-1-2-7-27/h3-5,10-11,20-21,23H,1-2,6-9,12-15H2/t20-,21+,23+/m1/s1. The number of benzene rings is 1. The third kappa shape index (κ3) is 4.54. The van der Waals surface area contributed by atoms with Crippen LogP contribution in [0.1, 0.15) is 24.1 Å². The highest BCUT2D eigenvalue weighted by Crippen LogP contribution is 2.31. The molecule has 3 saturated heterocycles. The van der Waals surface area contributed by atoms with Crippen LogP contribution in [0.4, 0.5) is 0 Å². The first kappa shape index (κ1) is 22.2. The maximum Gasteiger partial charge on any atom is 0.227 e. The first-order valence-corrected chi connectivity index (χ1v) is 12.0. The number of hydrogen-bond acceptors (Lipinski definition) is 6. The highest BCUT2D eigenvalue weighted by Gasteiger charge is 2.47. The van der Waals surface area contributed by atoms with E-state index in [1.54, 1.807) is 18.4 Å². The van der Waals surface area contributed by atoms with Crippen molar-refractivity contribution < 1.29 is 14.1 Å². The van der Waals surface area contributed by atoms with Crippen LogP contribution in [0, 0.1) is 0 Å². The Labute approximate surface area is 198 Å². The van der Waals surface area contributed by atoms with Gasteiger partial charge in [-0.1, -0.05) is 34.4 Å². The molecule has 4 heterocycles. The molecule has 1 aromatic heterocycles. The number of nitrogens with zero attached hydrogens (tertiary/aromatic N) is 4. The van der Waals surface area contributed by atoms with Crippen LogP contribution in [-0.4, -0.2) is 83.3 Å². The Kier molecular flexibility index (Phi) is 6.71. The SMILES string of the molecule is O=C(Cc1ccc(Cl)c(Cl)c1)N1CCN(Cc2ccon2)[C@H]2COC[C@@H](N3CCCC3)[C@@H]21. The molecule has 0 bridgehead atoms. The van der Waals surface area contributed by atoms with Crippen LogP contribution in [0.2, 0.25) is 10.0 Å². The molecule has 0 radical (unpaired) electrons. The van der Waals surface area contributed by atoms with Crippen molar-refractivity contribution in [3.8, 4) is 0 Å². The summed E-state index contributed by atoms with van der Waals surface area (Å²) in [6.45, 7) is 5.56. The molecule has 3 aliphatic rings. The first-order chi connectivity index (χ1) is 15.6. The molecule has 9 heteroatoms. The molecule has 3 atom stereocenters. The van der Waals surface area contributed by atoms with Crippen LogP contribution in [0.5, 0.6) is 0 Å². The molecular formula is C23H28Cl2N4O3. The van der Waals surface area contributed by atoms with Gasteiger partial charge in [-0.3, -0.25) is 14.6 Å². The van der Waals surface area contributed by atoms with E-state index in [9.17, 15) is 4.79 Å². The molecule has 1 aromatic carbocycles. The number of piperazine rings is 1. The minimum absolute atomic E-state index is 0.0813. The van der Waals surface area contributed by atoms with Gasteiger partial charge in [-0.05, 0) is 43.6 Å². The number of aromatic nitrogens is 1. The molecule has 0 spiro atoms. The molecule has 0 saturated carbocycles. The first-order valence-electron chi connectivity index (χ1n) is 11.3. The van der Waals surface area contributed by atoms with Gasteiger partial charge in [-0.15, -0.1) is 0 Å². The van der Waals surface area contributed by atoms with E-state index in [0.29, 0.717) is 42.8 Å². The molecule has 32 heavy (non-hydrogen) atoms. The van der Waals surface area contributed by atoms with Gasteiger partial charge in [0, 0.05) is 25.7 Å². The van der Waals surface area contributed by atoms with Gasteiger partial charge in [0.15, 0.2) is 0 Å². The van der Waals surface area contributed by atoms with Crippen LogP contribution in [0.3, 0.4) is 0 Å². The fraction of sp³-hybridized carbons (Fsp3) is 0.565. The van der Waals surface area contributed by atoms with Crippen molar-refractivity contribution in [1.29, 1.82) is 0 Å². The summed E-state index contributed by atoms with van der Waals surface area (Å²) in [6.07, 6.45) is 4.33. The van der Waals surface area contributed by atoms with Crippen molar-refractivity contribution in [1.82, 2.24) is 19.9 Å². The summed E-state index contributed by atoms with van der Waals surface area (Å²) in [5, 5.41) is 5.08. The summed E-state index contributed by atoms with van der Waals surface area (Å²) in [5.74, 6) is 0.130. The molecule has 2 aromatic rings. The second-order valence-corrected chi connectivity index (χ2v) is 9.69. The Bertz CT molecular complexity index is 935. The molecular weight excluding hydrogens is 451 g/mol. The number of likely N-dealkylation sites (tertiary alicyclic amines) is 1. The van der Waals surface area contributed by atoms with Gasteiger partial charge in [0.05, 0.1) is 53.5 Å². The van der Waals surface area contributed by atoms with Gasteiger partial charge in [0.1, 0.15) is 6.26 Å². The van der Waals surface area contributed by atoms with Gasteiger partial charge in [0.25, 0.3) is 0 Å². The number of carbonyl (C=O) groups excluding carboxylic acids is 1. The minimum Gasteiger partial charge on any atom is -0.378 e. The average Bonchev–Trinajstić information content (AvgIpc) is 3.50. The number of hydrogen-bond donors (Lipinski definition) is 0. The van der Waals surface area contributed by atoms with E-state index >= 15 is 0 Å². The van der Waals surface area contributed by atoms with Crippen molar-refractivity contribution in [2.24, 2.45) is 0 Å². The number of ether oxygens (including phenoxy) is 1. The van der Waals surface area contributed by atoms with E-state index in [1.807, 2.05) is 12.1 Å². The lowest BCUT2D eigenvalue weighted by atomic mass is 9.90. The number of amides is 1. The van der Waals surface area contributed by atoms with Crippen LogP contribution < -0.4 is 0 Å². The number of fused-ring (bicyclic) bond motifs is 1. The molecule has 7 nitrogen and oxygen atoms in total. The zero-order valence-electron chi connectivity index (χ0n) is 18.0. The van der Waals surface area contributed by atoms with E-state index in [4.69, 9.17) is 32.5 Å². The predicted octanol–water partition coefficient (Wildman–Crippen LogP) is 3.10. The van der Waals surface area contributed by atoms with Crippen molar-refractivity contribution in [2.75, 3.05) is 39.4 Å². The summed E-state index contributed by atoms with van der Waals surface area (Å²) in [7, 11) is 0. The second-order valence-electron chi connectivity index (χ2n) is 8.88.